The van der Waals surface area contributed by atoms with Crippen molar-refractivity contribution in [1.29, 1.82) is 0 Å². The number of benzene rings is 1. The first-order valence-electron chi connectivity index (χ1n) is 6.72. The molecule has 0 N–H and O–H groups in total. The van der Waals surface area contributed by atoms with Crippen LogP contribution in [-0.2, 0) is 24.3 Å². The number of alkyl halides is 9. The Hall–Kier alpha value is -1.91. The monoisotopic (exact) mass is 405 g/mol. The van der Waals surface area contributed by atoms with Gasteiger partial charge in [0.1, 0.15) is 5.03 Å². The molecular formula is C15H8F9NS. The first-order valence-corrected chi connectivity index (χ1v) is 7.70. The molecule has 26 heavy (non-hydrogen) atoms. The fourth-order valence-electron chi connectivity index (χ4n) is 1.87. The summed E-state index contributed by atoms with van der Waals surface area (Å²) in [5.74, 6) is -0.195. The SMILES string of the molecule is FC(F)(F)c1ccc(CSc2ncc(C(F)(F)F)cc2C(F)(F)F)cc1. The van der Waals surface area contributed by atoms with Gasteiger partial charge >= 0.3 is 18.5 Å². The first kappa shape index (κ1) is 20.4. The van der Waals surface area contributed by atoms with Gasteiger partial charge in [-0.25, -0.2) is 4.98 Å². The number of nitrogens with zero attached hydrogens (tertiary/aromatic N) is 1. The number of thioether (sulfide) groups is 1. The second kappa shape index (κ2) is 7.01. The molecular weight excluding hydrogens is 397 g/mol. The van der Waals surface area contributed by atoms with E-state index in [0.29, 0.717) is 11.8 Å². The van der Waals surface area contributed by atoms with Gasteiger partial charge in [0.25, 0.3) is 0 Å². The van der Waals surface area contributed by atoms with Gasteiger partial charge in [-0.1, -0.05) is 12.1 Å². The molecule has 0 radical (unpaired) electrons. The van der Waals surface area contributed by atoms with Gasteiger partial charge in [-0.05, 0) is 23.8 Å². The summed E-state index contributed by atoms with van der Waals surface area (Å²) in [6, 6.07) is 3.64. The molecule has 0 aliphatic heterocycles. The Kier molecular flexibility index (Phi) is 5.50. The third-order valence-electron chi connectivity index (χ3n) is 3.14. The predicted octanol–water partition coefficient (Wildman–Crippen LogP) is 6.43. The van der Waals surface area contributed by atoms with Gasteiger partial charge in [-0.2, -0.15) is 39.5 Å². The minimum atomic E-state index is -5.06. The summed E-state index contributed by atoms with van der Waals surface area (Å²) in [5, 5.41) is -0.689. The highest BCUT2D eigenvalue weighted by atomic mass is 32.2. The van der Waals surface area contributed by atoms with Crippen LogP contribution in [0.15, 0.2) is 41.6 Å². The third kappa shape index (κ3) is 5.05. The van der Waals surface area contributed by atoms with Crippen LogP contribution in [0.1, 0.15) is 22.3 Å². The van der Waals surface area contributed by atoms with E-state index in [0.717, 1.165) is 24.3 Å². The molecule has 2 rings (SSSR count). The highest BCUT2D eigenvalue weighted by Gasteiger charge is 2.39. The molecule has 0 bridgehead atoms. The van der Waals surface area contributed by atoms with Crippen LogP contribution >= 0.6 is 11.8 Å². The summed E-state index contributed by atoms with van der Waals surface area (Å²) in [6.07, 6.45) is -14.3. The van der Waals surface area contributed by atoms with Crippen LogP contribution in [0, 0.1) is 0 Å². The number of hydrogen-bond donors (Lipinski definition) is 0. The molecule has 0 aliphatic carbocycles. The molecule has 1 aromatic heterocycles. The van der Waals surface area contributed by atoms with E-state index in [1.807, 2.05) is 0 Å². The van der Waals surface area contributed by atoms with Crippen molar-refractivity contribution in [1.82, 2.24) is 4.98 Å². The molecule has 0 atom stereocenters. The van der Waals surface area contributed by atoms with Gasteiger partial charge in [-0.3, -0.25) is 0 Å². The fraction of sp³-hybridized carbons (Fsp3) is 0.267. The zero-order valence-electron chi connectivity index (χ0n) is 12.4. The molecule has 0 spiro atoms. The van der Waals surface area contributed by atoms with Gasteiger partial charge in [0, 0.05) is 11.9 Å². The van der Waals surface area contributed by atoms with Crippen molar-refractivity contribution in [3.63, 3.8) is 0 Å². The molecule has 1 aromatic carbocycles. The highest BCUT2D eigenvalue weighted by molar-refractivity contribution is 7.98. The summed E-state index contributed by atoms with van der Waals surface area (Å²) in [7, 11) is 0. The molecule has 0 saturated carbocycles. The highest BCUT2D eigenvalue weighted by Crippen LogP contribution is 2.40. The Morgan fingerprint density at radius 1 is 0.731 bits per heavy atom. The van der Waals surface area contributed by atoms with Gasteiger partial charge in [0.05, 0.1) is 16.7 Å². The van der Waals surface area contributed by atoms with E-state index < -0.39 is 40.2 Å². The average Bonchev–Trinajstić information content (AvgIpc) is 2.50. The number of halogens is 9. The lowest BCUT2D eigenvalue weighted by molar-refractivity contribution is -0.145. The Balaban J connectivity index is 2.24. The van der Waals surface area contributed by atoms with Crippen molar-refractivity contribution in [3.8, 4) is 0 Å². The van der Waals surface area contributed by atoms with Crippen LogP contribution in [0.5, 0.6) is 0 Å². The Bertz CT molecular complexity index is 761. The molecule has 1 nitrogen and oxygen atoms in total. The van der Waals surface area contributed by atoms with E-state index in [4.69, 9.17) is 0 Å². The van der Waals surface area contributed by atoms with Crippen molar-refractivity contribution in [2.75, 3.05) is 0 Å². The summed E-state index contributed by atoms with van der Waals surface area (Å²) < 4.78 is 114. The van der Waals surface area contributed by atoms with E-state index in [-0.39, 0.29) is 23.6 Å². The molecule has 0 aliphatic rings. The minimum absolute atomic E-state index is 0.0396. The number of aromatic nitrogens is 1. The lowest BCUT2D eigenvalue weighted by atomic mass is 10.1. The summed E-state index contributed by atoms with van der Waals surface area (Å²) in [5.41, 5.74) is -3.75. The maximum absolute atomic E-state index is 13.0. The van der Waals surface area contributed by atoms with Crippen molar-refractivity contribution in [3.05, 3.63) is 58.8 Å². The van der Waals surface area contributed by atoms with Gasteiger partial charge in [0.15, 0.2) is 0 Å². The van der Waals surface area contributed by atoms with Crippen LogP contribution < -0.4 is 0 Å². The van der Waals surface area contributed by atoms with Crippen LogP contribution in [-0.4, -0.2) is 4.98 Å². The van der Waals surface area contributed by atoms with E-state index in [1.165, 1.54) is 0 Å². The van der Waals surface area contributed by atoms with Gasteiger partial charge in [-0.15, -0.1) is 11.8 Å². The normalized spacial score (nSPS) is 13.1. The Labute approximate surface area is 145 Å². The quantitative estimate of drug-likeness (QED) is 0.431. The lowest BCUT2D eigenvalue weighted by Gasteiger charge is -2.14. The molecule has 11 heteroatoms. The Morgan fingerprint density at radius 2 is 1.27 bits per heavy atom. The van der Waals surface area contributed by atoms with Crippen molar-refractivity contribution in [2.24, 2.45) is 0 Å². The summed E-state index contributed by atoms with van der Waals surface area (Å²) in [6.45, 7) is 0. The smallest absolute Gasteiger partial charge is 0.249 e. The second-order valence-corrected chi connectivity index (χ2v) is 6.02. The standard InChI is InChI=1S/C15H8F9NS/c16-13(17,18)9-3-1-8(2-4-9)7-26-12-11(15(22,23)24)5-10(6-25-12)14(19,20)21/h1-6H,7H2. The molecule has 142 valence electrons. The molecule has 0 unspecified atom stereocenters. The minimum Gasteiger partial charge on any atom is -0.249 e. The van der Waals surface area contributed by atoms with Crippen LogP contribution in [0.25, 0.3) is 0 Å². The summed E-state index contributed by atoms with van der Waals surface area (Å²) in [4.78, 5) is 3.23. The van der Waals surface area contributed by atoms with Crippen LogP contribution in [0.2, 0.25) is 0 Å². The number of pyridine rings is 1. The topological polar surface area (TPSA) is 12.9 Å². The van der Waals surface area contributed by atoms with Crippen molar-refractivity contribution in [2.45, 2.75) is 29.3 Å². The van der Waals surface area contributed by atoms with Crippen LogP contribution in [0.4, 0.5) is 39.5 Å². The number of hydrogen-bond acceptors (Lipinski definition) is 2. The van der Waals surface area contributed by atoms with E-state index in [2.05, 4.69) is 4.98 Å². The average molecular weight is 405 g/mol. The number of rotatable bonds is 3. The first-order chi connectivity index (χ1) is 11.8. The molecule has 0 amide bonds. The third-order valence-corrected chi connectivity index (χ3v) is 4.22. The largest absolute Gasteiger partial charge is 0.419 e. The van der Waals surface area contributed by atoms with Gasteiger partial charge < -0.3 is 0 Å². The Morgan fingerprint density at radius 3 is 1.73 bits per heavy atom. The van der Waals surface area contributed by atoms with E-state index >= 15 is 0 Å². The van der Waals surface area contributed by atoms with Gasteiger partial charge in [0.2, 0.25) is 0 Å². The van der Waals surface area contributed by atoms with Crippen molar-refractivity contribution < 1.29 is 39.5 Å². The predicted molar refractivity (Wildman–Crippen MR) is 75.2 cm³/mol. The fourth-order valence-corrected chi connectivity index (χ4v) is 2.82. The molecule has 0 saturated heterocycles. The molecule has 0 fully saturated rings. The zero-order chi connectivity index (χ0) is 19.8. The molecule has 1 heterocycles. The zero-order valence-corrected chi connectivity index (χ0v) is 13.2. The van der Waals surface area contributed by atoms with Crippen molar-refractivity contribution >= 4 is 11.8 Å². The summed E-state index contributed by atoms with van der Waals surface area (Å²) >= 11 is 0.480. The second-order valence-electron chi connectivity index (χ2n) is 5.06. The molecule has 2 aromatic rings. The maximum atomic E-state index is 13.0. The maximum Gasteiger partial charge on any atom is 0.419 e. The van der Waals surface area contributed by atoms with E-state index in [9.17, 15) is 39.5 Å². The lowest BCUT2D eigenvalue weighted by Crippen LogP contribution is -2.13. The van der Waals surface area contributed by atoms with Crippen LogP contribution in [0.3, 0.4) is 0 Å². The van der Waals surface area contributed by atoms with E-state index in [1.54, 1.807) is 0 Å².